The average Bonchev–Trinajstić information content (AvgIpc) is 2.34. The van der Waals surface area contributed by atoms with Crippen LogP contribution in [-0.4, -0.2) is 23.9 Å². The summed E-state index contributed by atoms with van der Waals surface area (Å²) in [6, 6.07) is 5.96. The Morgan fingerprint density at radius 1 is 1.39 bits per heavy atom. The number of aryl methyl sites for hydroxylation is 1. The summed E-state index contributed by atoms with van der Waals surface area (Å²) < 4.78 is 11.3. The molecule has 0 aromatic heterocycles. The molecule has 3 nitrogen and oxygen atoms in total. The monoisotopic (exact) mass is 250 g/mol. The maximum Gasteiger partial charge on any atom is 0.128 e. The van der Waals surface area contributed by atoms with Gasteiger partial charge in [-0.3, -0.25) is 0 Å². The van der Waals surface area contributed by atoms with Crippen molar-refractivity contribution < 1.29 is 14.6 Å². The van der Waals surface area contributed by atoms with Crippen molar-refractivity contribution in [3.8, 4) is 5.75 Å². The lowest BCUT2D eigenvalue weighted by atomic mass is 9.99. The van der Waals surface area contributed by atoms with Crippen molar-refractivity contribution in [1.82, 2.24) is 0 Å². The third-order valence-corrected chi connectivity index (χ3v) is 3.00. The largest absolute Gasteiger partial charge is 0.493 e. The van der Waals surface area contributed by atoms with Crippen LogP contribution in [-0.2, 0) is 11.2 Å². The van der Waals surface area contributed by atoms with Crippen LogP contribution in [0.3, 0.4) is 0 Å². The Morgan fingerprint density at radius 3 is 2.89 bits per heavy atom. The van der Waals surface area contributed by atoms with Gasteiger partial charge in [-0.15, -0.1) is 0 Å². The van der Waals surface area contributed by atoms with Crippen molar-refractivity contribution in [3.05, 3.63) is 29.3 Å². The Labute approximate surface area is 109 Å². The van der Waals surface area contributed by atoms with Crippen molar-refractivity contribution in [3.63, 3.8) is 0 Å². The van der Waals surface area contributed by atoms with E-state index >= 15 is 0 Å². The van der Waals surface area contributed by atoms with Crippen molar-refractivity contribution in [1.29, 1.82) is 0 Å². The predicted octanol–water partition coefficient (Wildman–Crippen LogP) is 2.86. The number of rotatable bonds is 3. The minimum Gasteiger partial charge on any atom is -0.493 e. The van der Waals surface area contributed by atoms with Crippen LogP contribution < -0.4 is 4.74 Å². The molecule has 0 spiro atoms. The van der Waals surface area contributed by atoms with Gasteiger partial charge in [0.25, 0.3) is 0 Å². The Kier molecular flexibility index (Phi) is 3.93. The van der Waals surface area contributed by atoms with Crippen molar-refractivity contribution in [2.24, 2.45) is 0 Å². The minimum absolute atomic E-state index is 0.239. The normalized spacial score (nSPS) is 16.9. The van der Waals surface area contributed by atoms with E-state index in [1.165, 1.54) is 5.56 Å². The second-order valence-corrected chi connectivity index (χ2v) is 5.73. The summed E-state index contributed by atoms with van der Waals surface area (Å²) in [6.45, 7) is 6.98. The summed E-state index contributed by atoms with van der Waals surface area (Å²) in [5.74, 6) is 0.855. The first-order valence-corrected chi connectivity index (χ1v) is 6.54. The molecule has 1 aliphatic rings. The molecule has 1 aliphatic heterocycles. The number of para-hydroxylation sites is 1. The molecule has 0 saturated carbocycles. The van der Waals surface area contributed by atoms with Gasteiger partial charge < -0.3 is 14.6 Å². The highest BCUT2D eigenvalue weighted by Crippen LogP contribution is 2.33. The zero-order valence-electron chi connectivity index (χ0n) is 11.4. The second kappa shape index (κ2) is 5.29. The zero-order chi connectivity index (χ0) is 13.2. The first-order valence-electron chi connectivity index (χ1n) is 6.54. The maximum absolute atomic E-state index is 10.2. The highest BCUT2D eigenvalue weighted by Gasteiger charge is 2.21. The van der Waals surface area contributed by atoms with Crippen molar-refractivity contribution >= 4 is 0 Å². The number of ether oxygens (including phenoxy) is 2. The minimum atomic E-state index is -0.628. The molecule has 0 aliphatic carbocycles. The standard InChI is InChI=1S/C15H22O3/c1-15(2,3)18-10-13(16)12-8-4-6-11-7-5-9-17-14(11)12/h4,6,8,13,16H,5,7,9-10H2,1-3H3. The van der Waals surface area contributed by atoms with Crippen molar-refractivity contribution in [2.75, 3.05) is 13.2 Å². The van der Waals surface area contributed by atoms with Gasteiger partial charge in [-0.05, 0) is 39.2 Å². The van der Waals surface area contributed by atoms with Crippen LogP contribution in [0.5, 0.6) is 5.75 Å². The smallest absolute Gasteiger partial charge is 0.128 e. The lowest BCUT2D eigenvalue weighted by Crippen LogP contribution is -2.23. The van der Waals surface area contributed by atoms with Gasteiger partial charge in [-0.1, -0.05) is 18.2 Å². The van der Waals surface area contributed by atoms with E-state index in [1.807, 2.05) is 32.9 Å². The molecule has 1 atom stereocenters. The number of fused-ring (bicyclic) bond motifs is 1. The van der Waals surface area contributed by atoms with E-state index in [-0.39, 0.29) is 5.60 Å². The van der Waals surface area contributed by atoms with E-state index < -0.39 is 6.10 Å². The molecule has 1 aromatic rings. The van der Waals surface area contributed by atoms with Crippen LogP contribution in [0.15, 0.2) is 18.2 Å². The molecular weight excluding hydrogens is 228 g/mol. The van der Waals surface area contributed by atoms with Gasteiger partial charge >= 0.3 is 0 Å². The number of aliphatic hydroxyl groups excluding tert-OH is 1. The molecule has 3 heteroatoms. The summed E-state index contributed by atoms with van der Waals surface area (Å²) in [5, 5.41) is 10.2. The summed E-state index contributed by atoms with van der Waals surface area (Å²) in [5.41, 5.74) is 1.79. The van der Waals surface area contributed by atoms with Gasteiger partial charge in [-0.25, -0.2) is 0 Å². The molecule has 1 unspecified atom stereocenters. The van der Waals surface area contributed by atoms with Crippen LogP contribution in [0.25, 0.3) is 0 Å². The van der Waals surface area contributed by atoms with Crippen LogP contribution in [0.2, 0.25) is 0 Å². The fraction of sp³-hybridized carbons (Fsp3) is 0.600. The van der Waals surface area contributed by atoms with Gasteiger partial charge in [0.1, 0.15) is 11.9 Å². The highest BCUT2D eigenvalue weighted by molar-refractivity contribution is 5.44. The molecule has 0 saturated heterocycles. The molecule has 1 aromatic carbocycles. The lowest BCUT2D eigenvalue weighted by Gasteiger charge is -2.25. The van der Waals surface area contributed by atoms with Gasteiger partial charge in [0.2, 0.25) is 0 Å². The second-order valence-electron chi connectivity index (χ2n) is 5.73. The fourth-order valence-electron chi connectivity index (χ4n) is 2.10. The molecule has 1 N–H and O–H groups in total. The molecule has 2 rings (SSSR count). The molecule has 18 heavy (non-hydrogen) atoms. The molecule has 100 valence electrons. The van der Waals surface area contributed by atoms with Gasteiger partial charge in [0.15, 0.2) is 0 Å². The molecule has 0 bridgehead atoms. The number of benzene rings is 1. The summed E-state index contributed by atoms with van der Waals surface area (Å²) in [4.78, 5) is 0. The van der Waals surface area contributed by atoms with Crippen LogP contribution in [0.4, 0.5) is 0 Å². The van der Waals surface area contributed by atoms with Gasteiger partial charge in [0.05, 0.1) is 18.8 Å². The van der Waals surface area contributed by atoms with Gasteiger partial charge in [0, 0.05) is 5.56 Å². The first kappa shape index (κ1) is 13.4. The number of hydrogen-bond acceptors (Lipinski definition) is 3. The van der Waals surface area contributed by atoms with Crippen molar-refractivity contribution in [2.45, 2.75) is 45.3 Å². The van der Waals surface area contributed by atoms with Crippen LogP contribution in [0, 0.1) is 0 Å². The third-order valence-electron chi connectivity index (χ3n) is 3.00. The van der Waals surface area contributed by atoms with E-state index in [1.54, 1.807) is 0 Å². The highest BCUT2D eigenvalue weighted by atomic mass is 16.5. The fourth-order valence-corrected chi connectivity index (χ4v) is 2.10. The summed E-state index contributed by atoms with van der Waals surface area (Å²) in [7, 11) is 0. The molecular formula is C15H22O3. The summed E-state index contributed by atoms with van der Waals surface area (Å²) >= 11 is 0. The average molecular weight is 250 g/mol. The summed E-state index contributed by atoms with van der Waals surface area (Å²) in [6.07, 6.45) is 1.44. The lowest BCUT2D eigenvalue weighted by molar-refractivity contribution is -0.0502. The molecule has 0 amide bonds. The topological polar surface area (TPSA) is 38.7 Å². The van der Waals surface area contributed by atoms with E-state index in [0.29, 0.717) is 6.61 Å². The van der Waals surface area contributed by atoms with E-state index in [4.69, 9.17) is 9.47 Å². The Bertz CT molecular complexity index is 407. The molecule has 1 heterocycles. The van der Waals surface area contributed by atoms with E-state index in [0.717, 1.165) is 30.8 Å². The van der Waals surface area contributed by atoms with Gasteiger partial charge in [-0.2, -0.15) is 0 Å². The van der Waals surface area contributed by atoms with E-state index in [2.05, 4.69) is 6.07 Å². The van der Waals surface area contributed by atoms with E-state index in [9.17, 15) is 5.11 Å². The van der Waals surface area contributed by atoms with Crippen LogP contribution >= 0.6 is 0 Å². The number of hydrogen-bond donors (Lipinski definition) is 1. The van der Waals surface area contributed by atoms with Crippen LogP contribution in [0.1, 0.15) is 44.4 Å². The first-order chi connectivity index (χ1) is 8.47. The molecule has 0 fully saturated rings. The SMILES string of the molecule is CC(C)(C)OCC(O)c1cccc2c1OCCC2. The Hall–Kier alpha value is -1.06. The number of aliphatic hydroxyl groups is 1. The maximum atomic E-state index is 10.2. The zero-order valence-corrected chi connectivity index (χ0v) is 11.4. The Balaban J connectivity index is 2.12. The quantitative estimate of drug-likeness (QED) is 0.896. The predicted molar refractivity (Wildman–Crippen MR) is 70.9 cm³/mol. The molecule has 0 radical (unpaired) electrons. The third kappa shape index (κ3) is 3.24. The Morgan fingerprint density at radius 2 is 2.17 bits per heavy atom.